The van der Waals surface area contributed by atoms with E-state index in [4.69, 9.17) is 9.52 Å². The van der Waals surface area contributed by atoms with Gasteiger partial charge >= 0.3 is 12.0 Å². The van der Waals surface area contributed by atoms with Crippen molar-refractivity contribution < 1.29 is 22.7 Å². The number of aliphatic carboxylic acids is 1. The van der Waals surface area contributed by atoms with E-state index in [0.717, 1.165) is 6.20 Å². The van der Waals surface area contributed by atoms with Gasteiger partial charge in [0.25, 0.3) is 10.0 Å². The van der Waals surface area contributed by atoms with Gasteiger partial charge in [-0.2, -0.15) is 10.1 Å². The van der Waals surface area contributed by atoms with Crippen LogP contribution in [0, 0.1) is 6.92 Å². The van der Waals surface area contributed by atoms with Crippen LogP contribution in [-0.2, 0) is 21.4 Å². The maximum atomic E-state index is 12.0. The molecule has 0 unspecified atom stereocenters. The molecule has 10 heteroatoms. The summed E-state index contributed by atoms with van der Waals surface area (Å²) in [6.45, 7) is 1.74. The first-order valence-corrected chi connectivity index (χ1v) is 7.04. The first-order chi connectivity index (χ1) is 9.37. The fourth-order valence-electron chi connectivity index (χ4n) is 1.39. The Morgan fingerprint density at radius 2 is 2.30 bits per heavy atom. The Bertz CT molecular complexity index is 718. The molecule has 0 aliphatic carbocycles. The van der Waals surface area contributed by atoms with E-state index in [0.29, 0.717) is 5.69 Å². The number of nitrogens with one attached hydrogen (secondary N) is 1. The average Bonchev–Trinajstić information content (AvgIpc) is 2.95. The highest BCUT2D eigenvalue weighted by molar-refractivity contribution is 7.92. The smallest absolute Gasteiger partial charge is 0.309 e. The van der Waals surface area contributed by atoms with Crippen molar-refractivity contribution in [3.05, 3.63) is 24.4 Å². The molecular weight excluding hydrogens is 288 g/mol. The molecule has 0 atom stereocenters. The second-order valence-electron chi connectivity index (χ2n) is 3.98. The predicted molar refractivity (Wildman–Crippen MR) is 66.5 cm³/mol. The van der Waals surface area contributed by atoms with Gasteiger partial charge in [-0.3, -0.25) is 9.48 Å². The number of carbonyl (C=O) groups is 1. The molecule has 2 N–H and O–H groups in total. The number of anilines is 1. The highest BCUT2D eigenvalue weighted by Gasteiger charge is 2.19. The molecule has 0 radical (unpaired) electrons. The molecule has 2 heterocycles. The number of carboxylic acids is 1. The molecule has 0 spiro atoms. The number of aromatic nitrogens is 3. The Morgan fingerprint density at radius 3 is 2.90 bits per heavy atom. The zero-order valence-electron chi connectivity index (χ0n) is 10.5. The molecule has 108 valence electrons. The lowest BCUT2D eigenvalue weighted by Crippen LogP contribution is -2.12. The lowest BCUT2D eigenvalue weighted by atomic mass is 10.4. The summed E-state index contributed by atoms with van der Waals surface area (Å²) in [4.78, 5) is 14.2. The van der Waals surface area contributed by atoms with Crippen molar-refractivity contribution in [3.8, 4) is 0 Å². The van der Waals surface area contributed by atoms with Gasteiger partial charge in [0.1, 0.15) is 11.2 Å². The fourth-order valence-corrected chi connectivity index (χ4v) is 2.28. The number of hydrogen-bond acceptors (Lipinski definition) is 6. The van der Waals surface area contributed by atoms with Crippen LogP contribution in [0.25, 0.3) is 0 Å². The second kappa shape index (κ2) is 5.33. The van der Waals surface area contributed by atoms with Crippen LogP contribution in [0.5, 0.6) is 0 Å². The number of sulfonamides is 1. The Hall–Kier alpha value is -2.36. The topological polar surface area (TPSA) is 127 Å². The summed E-state index contributed by atoms with van der Waals surface area (Å²) in [6.07, 6.45) is 3.53. The molecule has 2 aromatic rings. The van der Waals surface area contributed by atoms with Crippen molar-refractivity contribution in [3.63, 3.8) is 0 Å². The third-order valence-electron chi connectivity index (χ3n) is 2.32. The van der Waals surface area contributed by atoms with Crippen LogP contribution in [-0.4, -0.2) is 34.3 Å². The number of aryl methyl sites for hydroxylation is 2. The Balaban J connectivity index is 2.11. The Morgan fingerprint density at radius 1 is 1.55 bits per heavy atom. The summed E-state index contributed by atoms with van der Waals surface area (Å²) in [5.74, 6) is -0.988. The van der Waals surface area contributed by atoms with Crippen LogP contribution in [0.4, 0.5) is 6.01 Å². The van der Waals surface area contributed by atoms with Crippen LogP contribution in [0.1, 0.15) is 12.1 Å². The van der Waals surface area contributed by atoms with Crippen LogP contribution < -0.4 is 4.72 Å². The molecule has 2 rings (SSSR count). The maximum Gasteiger partial charge on any atom is 0.309 e. The molecular formula is C10H12N4O5S. The summed E-state index contributed by atoms with van der Waals surface area (Å²) in [6, 6.07) is -0.138. The third-order valence-corrected chi connectivity index (χ3v) is 3.59. The molecule has 0 saturated heterocycles. The largest absolute Gasteiger partial charge is 0.481 e. The highest BCUT2D eigenvalue weighted by Crippen LogP contribution is 2.14. The first kappa shape index (κ1) is 14.1. The molecule has 0 fully saturated rings. The van der Waals surface area contributed by atoms with E-state index in [9.17, 15) is 13.2 Å². The molecule has 20 heavy (non-hydrogen) atoms. The van der Waals surface area contributed by atoms with Gasteiger partial charge in [0.05, 0.1) is 24.9 Å². The number of hydrogen-bond donors (Lipinski definition) is 2. The highest BCUT2D eigenvalue weighted by atomic mass is 32.2. The molecule has 2 aromatic heterocycles. The molecule has 0 aliphatic rings. The van der Waals surface area contributed by atoms with Crippen LogP contribution in [0.2, 0.25) is 0 Å². The van der Waals surface area contributed by atoms with Gasteiger partial charge in [-0.15, -0.1) is 0 Å². The van der Waals surface area contributed by atoms with Crippen LogP contribution >= 0.6 is 0 Å². The molecule has 0 bridgehead atoms. The van der Waals surface area contributed by atoms with E-state index in [1.807, 2.05) is 0 Å². The van der Waals surface area contributed by atoms with E-state index >= 15 is 0 Å². The van der Waals surface area contributed by atoms with Gasteiger partial charge in [0.2, 0.25) is 0 Å². The zero-order valence-corrected chi connectivity index (χ0v) is 11.3. The van der Waals surface area contributed by atoms with E-state index in [1.54, 1.807) is 6.92 Å². The van der Waals surface area contributed by atoms with Crippen LogP contribution in [0.15, 0.2) is 28.0 Å². The van der Waals surface area contributed by atoms with Crippen molar-refractivity contribution in [1.29, 1.82) is 0 Å². The standard InChI is InChI=1S/C10H12N4O5S/c1-7-6-19-10(12-7)13-20(17,18)8-4-11-14(5-8)3-2-9(15)16/h4-6H,2-3H2,1H3,(H,12,13)(H,15,16). The van der Waals surface area contributed by atoms with Crippen molar-refractivity contribution in [2.24, 2.45) is 0 Å². The zero-order chi connectivity index (χ0) is 14.8. The summed E-state index contributed by atoms with van der Waals surface area (Å²) in [5.41, 5.74) is 0.542. The molecule has 0 aromatic carbocycles. The van der Waals surface area contributed by atoms with Gasteiger partial charge in [-0.25, -0.2) is 13.1 Å². The minimum atomic E-state index is -3.85. The number of rotatable bonds is 6. The first-order valence-electron chi connectivity index (χ1n) is 5.56. The quantitative estimate of drug-likeness (QED) is 0.792. The predicted octanol–water partition coefficient (Wildman–Crippen LogP) is 0.455. The minimum absolute atomic E-state index is 0.0863. The molecule has 0 saturated carbocycles. The van der Waals surface area contributed by atoms with Gasteiger partial charge in [-0.05, 0) is 6.92 Å². The van der Waals surface area contributed by atoms with Gasteiger partial charge < -0.3 is 9.52 Å². The Labute approximate surface area is 114 Å². The molecule has 0 aliphatic heterocycles. The minimum Gasteiger partial charge on any atom is -0.481 e. The van der Waals surface area contributed by atoms with Crippen LogP contribution in [0.3, 0.4) is 0 Å². The van der Waals surface area contributed by atoms with Gasteiger partial charge in [-0.1, -0.05) is 0 Å². The lowest BCUT2D eigenvalue weighted by molar-refractivity contribution is -0.137. The fraction of sp³-hybridized carbons (Fsp3) is 0.300. The van der Waals surface area contributed by atoms with Gasteiger partial charge in [0.15, 0.2) is 0 Å². The SMILES string of the molecule is Cc1coc(NS(=O)(=O)c2cnn(CCC(=O)O)c2)n1. The summed E-state index contributed by atoms with van der Waals surface area (Å²) < 4.78 is 32.3. The van der Waals surface area contributed by atoms with Crippen molar-refractivity contribution in [2.75, 3.05) is 4.72 Å². The summed E-state index contributed by atoms with van der Waals surface area (Å²) >= 11 is 0. The van der Waals surface area contributed by atoms with Gasteiger partial charge in [0, 0.05) is 6.20 Å². The number of carboxylic acid groups (broad SMARTS) is 1. The molecule has 9 nitrogen and oxygen atoms in total. The van der Waals surface area contributed by atoms with Crippen molar-refractivity contribution >= 4 is 22.0 Å². The number of oxazole rings is 1. The van der Waals surface area contributed by atoms with E-state index < -0.39 is 16.0 Å². The summed E-state index contributed by atoms with van der Waals surface area (Å²) in [7, 11) is -3.85. The van der Waals surface area contributed by atoms with E-state index in [1.165, 1.54) is 17.1 Å². The second-order valence-corrected chi connectivity index (χ2v) is 5.66. The lowest BCUT2D eigenvalue weighted by Gasteiger charge is -2.00. The maximum absolute atomic E-state index is 12.0. The Kier molecular flexibility index (Phi) is 3.74. The average molecular weight is 300 g/mol. The number of nitrogens with zero attached hydrogens (tertiary/aromatic N) is 3. The third kappa shape index (κ3) is 3.35. The normalized spacial score (nSPS) is 11.4. The molecule has 0 amide bonds. The van der Waals surface area contributed by atoms with Crippen molar-refractivity contribution in [2.45, 2.75) is 24.8 Å². The summed E-state index contributed by atoms with van der Waals surface area (Å²) in [5, 5.41) is 12.3. The van der Waals surface area contributed by atoms with E-state index in [-0.39, 0.29) is 23.9 Å². The van der Waals surface area contributed by atoms with Crippen molar-refractivity contribution in [1.82, 2.24) is 14.8 Å². The monoisotopic (exact) mass is 300 g/mol. The van der Waals surface area contributed by atoms with E-state index in [2.05, 4.69) is 14.8 Å².